The minimum absolute atomic E-state index is 1.21. The Morgan fingerprint density at radius 3 is 1.76 bits per heavy atom. The molecule has 0 nitrogen and oxygen atoms in total. The molecule has 0 saturated carbocycles. The van der Waals surface area contributed by atoms with E-state index in [4.69, 9.17) is 0 Å². The summed E-state index contributed by atoms with van der Waals surface area (Å²) in [5.74, 6) is 0. The summed E-state index contributed by atoms with van der Waals surface area (Å²) >= 11 is 0. The van der Waals surface area contributed by atoms with Crippen molar-refractivity contribution in [3.8, 4) is 11.1 Å². The molecule has 133 valence electrons. The Hall–Kier alpha value is -1.56. The van der Waals surface area contributed by atoms with Crippen molar-refractivity contribution in [2.24, 2.45) is 0 Å². The van der Waals surface area contributed by atoms with Gasteiger partial charge in [-0.25, -0.2) is 0 Å². The van der Waals surface area contributed by atoms with Crippen LogP contribution in [-0.2, 0) is 25.7 Å². The third kappa shape index (κ3) is 3.28. The standard InChI is InChI=1S/C25H33/c1-5-11-20-21(12-6-2)23(14-8-4)25-19-16-10-9-15-18(19)17-24(25)22(20)13-7-3/h9-10,15-17H,5-8,11-14H2,1-4H3. The van der Waals surface area contributed by atoms with Gasteiger partial charge in [0.25, 0.3) is 0 Å². The predicted octanol–water partition coefficient (Wildman–Crippen LogP) is 7.08. The van der Waals surface area contributed by atoms with Gasteiger partial charge in [-0.3, -0.25) is 0 Å². The lowest BCUT2D eigenvalue weighted by Crippen LogP contribution is -2.10. The van der Waals surface area contributed by atoms with Gasteiger partial charge >= 0.3 is 0 Å². The molecule has 0 amide bonds. The van der Waals surface area contributed by atoms with Crippen LogP contribution >= 0.6 is 0 Å². The third-order valence-electron chi connectivity index (χ3n) is 5.52. The highest BCUT2D eigenvalue weighted by atomic mass is 14.3. The van der Waals surface area contributed by atoms with Crippen molar-refractivity contribution >= 4 is 0 Å². The Morgan fingerprint density at radius 1 is 0.600 bits per heavy atom. The maximum absolute atomic E-state index is 2.48. The first kappa shape index (κ1) is 18.2. The Kier molecular flexibility index (Phi) is 5.99. The number of rotatable bonds is 8. The molecular formula is C25H33. The van der Waals surface area contributed by atoms with E-state index in [1.165, 1.54) is 62.5 Å². The van der Waals surface area contributed by atoms with E-state index < -0.39 is 0 Å². The topological polar surface area (TPSA) is 0 Å². The fraction of sp³-hybridized carbons (Fsp3) is 0.480. The van der Waals surface area contributed by atoms with Crippen LogP contribution in [0.1, 0.15) is 86.8 Å². The average molecular weight is 334 g/mol. The first-order chi connectivity index (χ1) is 12.3. The molecule has 25 heavy (non-hydrogen) atoms. The predicted molar refractivity (Wildman–Crippen MR) is 110 cm³/mol. The summed E-state index contributed by atoms with van der Waals surface area (Å²) in [6, 6.07) is 9.01. The van der Waals surface area contributed by atoms with E-state index in [2.05, 4.69) is 58.4 Å². The van der Waals surface area contributed by atoms with E-state index in [9.17, 15) is 0 Å². The molecule has 2 aromatic carbocycles. The molecule has 0 heteroatoms. The van der Waals surface area contributed by atoms with E-state index in [-0.39, 0.29) is 0 Å². The highest BCUT2D eigenvalue weighted by Crippen LogP contribution is 2.46. The zero-order valence-electron chi connectivity index (χ0n) is 16.5. The third-order valence-corrected chi connectivity index (χ3v) is 5.52. The van der Waals surface area contributed by atoms with Crippen LogP contribution in [-0.4, -0.2) is 0 Å². The first-order valence-electron chi connectivity index (χ1n) is 10.4. The van der Waals surface area contributed by atoms with E-state index >= 15 is 0 Å². The van der Waals surface area contributed by atoms with E-state index in [1.807, 2.05) is 0 Å². The lowest BCUT2D eigenvalue weighted by atomic mass is 9.80. The van der Waals surface area contributed by atoms with Gasteiger partial charge in [-0.15, -0.1) is 0 Å². The highest BCUT2D eigenvalue weighted by molar-refractivity contribution is 5.86. The maximum Gasteiger partial charge on any atom is 0.0214 e. The number of hydrogen-bond acceptors (Lipinski definition) is 0. The van der Waals surface area contributed by atoms with Crippen LogP contribution in [0.15, 0.2) is 24.3 Å². The highest BCUT2D eigenvalue weighted by Gasteiger charge is 2.28. The molecule has 0 spiro atoms. The van der Waals surface area contributed by atoms with Gasteiger partial charge in [-0.2, -0.15) is 0 Å². The zero-order valence-corrected chi connectivity index (χ0v) is 16.5. The Balaban J connectivity index is 2.33. The van der Waals surface area contributed by atoms with Crippen molar-refractivity contribution < 1.29 is 0 Å². The molecule has 1 radical (unpaired) electrons. The summed E-state index contributed by atoms with van der Waals surface area (Å²) < 4.78 is 0. The summed E-state index contributed by atoms with van der Waals surface area (Å²) in [6.45, 7) is 9.31. The molecule has 0 aliphatic heterocycles. The zero-order chi connectivity index (χ0) is 17.8. The second-order valence-electron chi connectivity index (χ2n) is 7.43. The molecule has 0 heterocycles. The van der Waals surface area contributed by atoms with Gasteiger partial charge in [-0.05, 0) is 70.2 Å². The second-order valence-corrected chi connectivity index (χ2v) is 7.43. The van der Waals surface area contributed by atoms with Crippen molar-refractivity contribution in [2.45, 2.75) is 79.1 Å². The normalized spacial score (nSPS) is 12.3. The fourth-order valence-electron chi connectivity index (χ4n) is 4.63. The summed E-state index contributed by atoms with van der Waals surface area (Å²) in [5, 5.41) is 0. The molecule has 1 aliphatic rings. The molecule has 1 aliphatic carbocycles. The summed E-state index contributed by atoms with van der Waals surface area (Å²) in [5.41, 5.74) is 12.7. The SMILES string of the molecule is CCCc1c2c(c(CCC)c(CCC)c1CCC)-c1ccccc1[CH]2. The van der Waals surface area contributed by atoms with Crippen LogP contribution < -0.4 is 0 Å². The van der Waals surface area contributed by atoms with E-state index in [0.29, 0.717) is 0 Å². The number of hydrogen-bond donors (Lipinski definition) is 0. The largest absolute Gasteiger partial charge is 0.0651 e. The van der Waals surface area contributed by atoms with Gasteiger partial charge < -0.3 is 0 Å². The van der Waals surface area contributed by atoms with Crippen molar-refractivity contribution in [2.75, 3.05) is 0 Å². The summed E-state index contributed by atoms with van der Waals surface area (Å²) in [7, 11) is 0. The maximum atomic E-state index is 2.48. The van der Waals surface area contributed by atoms with Crippen LogP contribution in [0.2, 0.25) is 0 Å². The lowest BCUT2D eigenvalue weighted by molar-refractivity contribution is 0.800. The Morgan fingerprint density at radius 2 is 1.12 bits per heavy atom. The van der Waals surface area contributed by atoms with Crippen LogP contribution in [0, 0.1) is 6.42 Å². The van der Waals surface area contributed by atoms with Gasteiger partial charge in [0.2, 0.25) is 0 Å². The van der Waals surface area contributed by atoms with Crippen molar-refractivity contribution in [3.63, 3.8) is 0 Å². The fourth-order valence-corrected chi connectivity index (χ4v) is 4.63. The molecular weight excluding hydrogens is 300 g/mol. The van der Waals surface area contributed by atoms with E-state index in [1.54, 1.807) is 33.4 Å². The molecule has 0 fully saturated rings. The van der Waals surface area contributed by atoms with Crippen LogP contribution in [0.3, 0.4) is 0 Å². The van der Waals surface area contributed by atoms with Crippen LogP contribution in [0.5, 0.6) is 0 Å². The lowest BCUT2D eigenvalue weighted by Gasteiger charge is -2.24. The molecule has 2 aromatic rings. The van der Waals surface area contributed by atoms with Gasteiger partial charge in [0.15, 0.2) is 0 Å². The molecule has 0 saturated heterocycles. The van der Waals surface area contributed by atoms with Crippen molar-refractivity contribution in [1.29, 1.82) is 0 Å². The molecule has 3 rings (SSSR count). The second kappa shape index (κ2) is 8.21. The molecule has 0 atom stereocenters. The van der Waals surface area contributed by atoms with Gasteiger partial charge in [0.1, 0.15) is 0 Å². The molecule has 0 bridgehead atoms. The van der Waals surface area contributed by atoms with Gasteiger partial charge in [-0.1, -0.05) is 77.6 Å². The van der Waals surface area contributed by atoms with Crippen LogP contribution in [0.4, 0.5) is 0 Å². The minimum atomic E-state index is 1.21. The molecule has 0 aromatic heterocycles. The van der Waals surface area contributed by atoms with Gasteiger partial charge in [0.05, 0.1) is 0 Å². The molecule has 0 N–H and O–H groups in total. The monoisotopic (exact) mass is 333 g/mol. The van der Waals surface area contributed by atoms with Crippen molar-refractivity contribution in [3.05, 3.63) is 64.1 Å². The quantitative estimate of drug-likeness (QED) is 0.413. The van der Waals surface area contributed by atoms with E-state index in [0.717, 1.165) is 0 Å². The molecule has 0 unspecified atom stereocenters. The van der Waals surface area contributed by atoms with Crippen LogP contribution in [0.25, 0.3) is 11.1 Å². The first-order valence-corrected chi connectivity index (χ1v) is 10.4. The number of benzene rings is 2. The summed E-state index contributed by atoms with van der Waals surface area (Å²) in [4.78, 5) is 0. The smallest absolute Gasteiger partial charge is 0.0214 e. The Bertz CT molecular complexity index is 736. The van der Waals surface area contributed by atoms with Gasteiger partial charge in [0, 0.05) is 6.42 Å². The number of fused-ring (bicyclic) bond motifs is 3. The van der Waals surface area contributed by atoms with Crippen molar-refractivity contribution in [1.82, 2.24) is 0 Å². The summed E-state index contributed by atoms with van der Waals surface area (Å²) in [6.07, 6.45) is 12.3. The average Bonchev–Trinajstić information content (AvgIpc) is 3.00. The Labute approximate surface area is 154 Å². The minimum Gasteiger partial charge on any atom is -0.0651 e.